The van der Waals surface area contributed by atoms with Crippen molar-refractivity contribution in [3.8, 4) is 16.9 Å². The van der Waals surface area contributed by atoms with E-state index >= 15 is 0 Å². The summed E-state index contributed by atoms with van der Waals surface area (Å²) >= 11 is 1.45. The molecule has 5 fully saturated rings. The summed E-state index contributed by atoms with van der Waals surface area (Å²) < 4.78 is 0. The van der Waals surface area contributed by atoms with Crippen LogP contribution in [0.2, 0.25) is 0 Å². The summed E-state index contributed by atoms with van der Waals surface area (Å²) in [7, 11) is 1.99. The lowest BCUT2D eigenvalue weighted by molar-refractivity contribution is -0.0629. The van der Waals surface area contributed by atoms with E-state index in [1.54, 1.807) is 12.1 Å². The predicted molar refractivity (Wildman–Crippen MR) is 164 cm³/mol. The number of nitrogens with zero attached hydrogens (tertiary/aromatic N) is 3. The lowest BCUT2D eigenvalue weighted by atomic mass is 9.49. The van der Waals surface area contributed by atoms with Gasteiger partial charge >= 0.3 is 0 Å². The fourth-order valence-electron chi connectivity index (χ4n) is 8.70. The minimum Gasteiger partial charge on any atom is -0.508 e. The van der Waals surface area contributed by atoms with Gasteiger partial charge in [0, 0.05) is 51.0 Å². The van der Waals surface area contributed by atoms with Gasteiger partial charge < -0.3 is 19.8 Å². The molecule has 214 valence electrons. The molecule has 0 atom stereocenters. The number of thiophene rings is 1. The molecule has 4 bridgehead atoms. The summed E-state index contributed by atoms with van der Waals surface area (Å²) in [5.41, 5.74) is 4.07. The van der Waals surface area contributed by atoms with Crippen molar-refractivity contribution in [3.63, 3.8) is 0 Å². The Hall–Kier alpha value is -3.32. The highest BCUT2D eigenvalue weighted by atomic mass is 32.1. The van der Waals surface area contributed by atoms with E-state index in [9.17, 15) is 14.7 Å². The smallest absolute Gasteiger partial charge is 0.264 e. The second-order valence-electron chi connectivity index (χ2n) is 13.2. The highest BCUT2D eigenvalue weighted by molar-refractivity contribution is 7.12. The first-order chi connectivity index (χ1) is 19.8. The summed E-state index contributed by atoms with van der Waals surface area (Å²) in [6.07, 6.45) is 8.22. The molecule has 2 amide bonds. The Labute approximate surface area is 246 Å². The Morgan fingerprint density at radius 1 is 0.902 bits per heavy atom. The maximum Gasteiger partial charge on any atom is 0.264 e. The summed E-state index contributed by atoms with van der Waals surface area (Å²) in [6.45, 7) is 3.73. The van der Waals surface area contributed by atoms with Crippen LogP contribution in [0.15, 0.2) is 60.0 Å². The number of benzene rings is 2. The van der Waals surface area contributed by atoms with Crippen LogP contribution in [0, 0.1) is 23.2 Å². The molecule has 1 aliphatic heterocycles. The third-order valence-corrected chi connectivity index (χ3v) is 11.0. The molecule has 1 N–H and O–H groups in total. The van der Waals surface area contributed by atoms with Crippen LogP contribution in [0.4, 0.5) is 5.69 Å². The Balaban J connectivity index is 0.938. The van der Waals surface area contributed by atoms with Crippen molar-refractivity contribution in [1.82, 2.24) is 9.80 Å². The first kappa shape index (κ1) is 26.6. The van der Waals surface area contributed by atoms with Crippen LogP contribution in [-0.2, 0) is 0 Å². The van der Waals surface area contributed by atoms with Crippen LogP contribution in [0.25, 0.3) is 11.1 Å². The molecule has 41 heavy (non-hydrogen) atoms. The highest BCUT2D eigenvalue weighted by Crippen LogP contribution is 2.60. The van der Waals surface area contributed by atoms with Crippen LogP contribution in [0.3, 0.4) is 0 Å². The molecule has 1 saturated heterocycles. The number of carbonyl (C=O) groups is 2. The average Bonchev–Trinajstić information content (AvgIpc) is 3.46. The van der Waals surface area contributed by atoms with Gasteiger partial charge in [-0.05, 0) is 121 Å². The molecular formula is C34H39N3O3S. The Kier molecular flexibility index (Phi) is 6.81. The van der Waals surface area contributed by atoms with Crippen molar-refractivity contribution in [2.24, 2.45) is 23.2 Å². The maximum absolute atomic E-state index is 13.4. The monoisotopic (exact) mass is 569 g/mol. The van der Waals surface area contributed by atoms with E-state index < -0.39 is 0 Å². The molecule has 7 heteroatoms. The summed E-state index contributed by atoms with van der Waals surface area (Å²) in [5.74, 6) is 3.10. The van der Waals surface area contributed by atoms with Crippen LogP contribution in [0.5, 0.6) is 5.75 Å². The standard InChI is InChI=1S/C34H39N3O3S/c1-35(22-34-18-23-13-24(19-34)15-25(14-23)20-34)32(39)26-5-7-29(8-6-26)36-9-11-37(12-10-36)33(40)31-17-28(21-41-31)27-3-2-4-30(38)16-27/h2-8,16-17,21,23-25,38H,9-15,18-20,22H2,1H3. The molecule has 1 aromatic heterocycles. The third-order valence-electron chi connectivity index (χ3n) is 10.1. The Bertz CT molecular complexity index is 1400. The van der Waals surface area contributed by atoms with E-state index in [0.29, 0.717) is 18.5 Å². The molecule has 8 rings (SSSR count). The number of rotatable bonds is 6. The molecule has 2 heterocycles. The van der Waals surface area contributed by atoms with Gasteiger partial charge in [-0.3, -0.25) is 9.59 Å². The Morgan fingerprint density at radius 3 is 2.20 bits per heavy atom. The van der Waals surface area contributed by atoms with Crippen molar-refractivity contribution in [2.45, 2.75) is 38.5 Å². The zero-order valence-electron chi connectivity index (χ0n) is 23.8. The minimum absolute atomic E-state index is 0.0593. The van der Waals surface area contributed by atoms with Gasteiger partial charge in [0.05, 0.1) is 4.88 Å². The van der Waals surface area contributed by atoms with Crippen molar-refractivity contribution < 1.29 is 14.7 Å². The number of amides is 2. The second-order valence-corrected chi connectivity index (χ2v) is 14.1. The quantitative estimate of drug-likeness (QED) is 0.375. The van der Waals surface area contributed by atoms with E-state index in [2.05, 4.69) is 17.0 Å². The number of carbonyl (C=O) groups excluding carboxylic acids is 2. The van der Waals surface area contributed by atoms with Gasteiger partial charge in [-0.15, -0.1) is 11.3 Å². The second kappa shape index (κ2) is 10.5. The largest absolute Gasteiger partial charge is 0.508 e. The number of piperazine rings is 1. The molecule has 5 aliphatic rings. The van der Waals surface area contributed by atoms with Crippen molar-refractivity contribution >= 4 is 28.8 Å². The third kappa shape index (κ3) is 5.25. The van der Waals surface area contributed by atoms with Gasteiger partial charge in [-0.25, -0.2) is 0 Å². The van der Waals surface area contributed by atoms with Crippen molar-refractivity contribution in [2.75, 3.05) is 44.7 Å². The zero-order valence-corrected chi connectivity index (χ0v) is 24.6. The van der Waals surface area contributed by atoms with Gasteiger partial charge in [0.1, 0.15) is 5.75 Å². The predicted octanol–water partition coefficient (Wildman–Crippen LogP) is 6.37. The van der Waals surface area contributed by atoms with Gasteiger partial charge in [-0.1, -0.05) is 12.1 Å². The van der Waals surface area contributed by atoms with Gasteiger partial charge in [0.2, 0.25) is 0 Å². The minimum atomic E-state index is 0.0593. The number of phenols is 1. The van der Waals surface area contributed by atoms with Crippen LogP contribution >= 0.6 is 11.3 Å². The maximum atomic E-state index is 13.4. The van der Waals surface area contributed by atoms with Gasteiger partial charge in [-0.2, -0.15) is 0 Å². The van der Waals surface area contributed by atoms with E-state index in [1.807, 2.05) is 52.6 Å². The summed E-state index contributed by atoms with van der Waals surface area (Å²) in [5, 5.41) is 11.8. The van der Waals surface area contributed by atoms with Crippen LogP contribution < -0.4 is 4.90 Å². The molecule has 0 unspecified atom stereocenters. The number of hydrogen-bond donors (Lipinski definition) is 1. The molecule has 4 aliphatic carbocycles. The van der Waals surface area contributed by atoms with Gasteiger partial charge in [0.25, 0.3) is 11.8 Å². The SMILES string of the molecule is CN(CC12CC3CC(CC(C3)C1)C2)C(=O)c1ccc(N2CCN(C(=O)c3cc(-c4cccc(O)c4)cs3)CC2)cc1. The fraction of sp³-hybridized carbons (Fsp3) is 0.471. The van der Waals surface area contributed by atoms with E-state index in [-0.39, 0.29) is 17.6 Å². The van der Waals surface area contributed by atoms with Crippen molar-refractivity contribution in [3.05, 3.63) is 70.4 Å². The Morgan fingerprint density at radius 2 is 1.56 bits per heavy atom. The molecule has 0 radical (unpaired) electrons. The number of aromatic hydroxyl groups is 1. The topological polar surface area (TPSA) is 64.1 Å². The number of phenolic OH excluding ortho intramolecular Hbond substituents is 1. The first-order valence-corrected chi connectivity index (χ1v) is 16.0. The molecular weight excluding hydrogens is 530 g/mol. The van der Waals surface area contributed by atoms with Crippen LogP contribution in [0.1, 0.15) is 58.6 Å². The molecule has 0 spiro atoms. The molecule has 2 aromatic carbocycles. The van der Waals surface area contributed by atoms with E-state index in [4.69, 9.17) is 0 Å². The first-order valence-electron chi connectivity index (χ1n) is 15.1. The van der Waals surface area contributed by atoms with Crippen molar-refractivity contribution in [1.29, 1.82) is 0 Å². The van der Waals surface area contributed by atoms with Crippen LogP contribution in [-0.4, -0.2) is 66.5 Å². The summed E-state index contributed by atoms with van der Waals surface area (Å²) in [4.78, 5) is 33.5. The number of anilines is 1. The lowest BCUT2D eigenvalue weighted by Gasteiger charge is -2.57. The van der Waals surface area contributed by atoms with Gasteiger partial charge in [0.15, 0.2) is 0 Å². The molecule has 4 saturated carbocycles. The summed E-state index contributed by atoms with van der Waals surface area (Å²) in [6, 6.07) is 17.1. The van der Waals surface area contributed by atoms with E-state index in [0.717, 1.165) is 64.6 Å². The zero-order chi connectivity index (χ0) is 28.1. The molecule has 3 aromatic rings. The fourth-order valence-corrected chi connectivity index (χ4v) is 9.59. The lowest BCUT2D eigenvalue weighted by Crippen LogP contribution is -2.51. The van der Waals surface area contributed by atoms with E-state index in [1.165, 1.54) is 49.9 Å². The normalized spacial score (nSPS) is 26.8. The molecule has 6 nitrogen and oxygen atoms in total. The average molecular weight is 570 g/mol. The highest BCUT2D eigenvalue weighted by Gasteiger charge is 2.51. The number of hydrogen-bond acceptors (Lipinski definition) is 5.